The highest BCUT2D eigenvalue weighted by Gasteiger charge is 2.24. The Morgan fingerprint density at radius 2 is 1.93 bits per heavy atom. The molecule has 0 amide bonds. The van der Waals surface area contributed by atoms with Gasteiger partial charge in [0, 0.05) is 25.7 Å². The standard InChI is InChI=1S/C23H29N3O3/c1-16-7-8-22(17(2)13-16)29-15-19(27)14-25-11-9-18(10-12-25)26-21-6-4-3-5-20(21)24-23(26)28/h3-8,13,18-19,27H,9-12,14-15H2,1-2H3,(H,24,28). The van der Waals surface area contributed by atoms with Crippen LogP contribution in [0.25, 0.3) is 11.0 Å². The summed E-state index contributed by atoms with van der Waals surface area (Å²) in [5.41, 5.74) is 4.11. The zero-order valence-corrected chi connectivity index (χ0v) is 17.1. The number of nitrogens with one attached hydrogen (secondary N) is 1. The number of hydrogen-bond donors (Lipinski definition) is 2. The molecule has 0 bridgehead atoms. The smallest absolute Gasteiger partial charge is 0.326 e. The quantitative estimate of drug-likeness (QED) is 0.673. The van der Waals surface area contributed by atoms with E-state index >= 15 is 0 Å². The average Bonchev–Trinajstić information content (AvgIpc) is 3.04. The molecule has 2 N–H and O–H groups in total. The van der Waals surface area contributed by atoms with Crippen molar-refractivity contribution in [2.75, 3.05) is 26.2 Å². The average molecular weight is 396 g/mol. The number of likely N-dealkylation sites (tertiary alicyclic amines) is 1. The number of nitrogens with zero attached hydrogens (tertiary/aromatic N) is 2. The van der Waals surface area contributed by atoms with Gasteiger partial charge in [0.2, 0.25) is 0 Å². The van der Waals surface area contributed by atoms with Crippen molar-refractivity contribution < 1.29 is 9.84 Å². The highest BCUT2D eigenvalue weighted by molar-refractivity contribution is 5.75. The number of imidazole rings is 1. The second-order valence-corrected chi connectivity index (χ2v) is 8.08. The van der Waals surface area contributed by atoms with Gasteiger partial charge in [-0.2, -0.15) is 0 Å². The molecule has 6 heteroatoms. The zero-order valence-electron chi connectivity index (χ0n) is 17.1. The van der Waals surface area contributed by atoms with Crippen LogP contribution < -0.4 is 10.4 Å². The molecule has 4 rings (SSSR count). The molecule has 1 fully saturated rings. The van der Waals surface area contributed by atoms with Gasteiger partial charge in [0.15, 0.2) is 0 Å². The first kappa shape index (κ1) is 19.7. The van der Waals surface area contributed by atoms with E-state index in [-0.39, 0.29) is 18.3 Å². The van der Waals surface area contributed by atoms with E-state index in [2.05, 4.69) is 22.9 Å². The van der Waals surface area contributed by atoms with Crippen molar-refractivity contribution >= 4 is 11.0 Å². The van der Waals surface area contributed by atoms with Crippen molar-refractivity contribution in [1.29, 1.82) is 0 Å². The fraction of sp³-hybridized carbons (Fsp3) is 0.435. The lowest BCUT2D eigenvalue weighted by molar-refractivity contribution is 0.0557. The van der Waals surface area contributed by atoms with Gasteiger partial charge in [0.05, 0.1) is 11.0 Å². The van der Waals surface area contributed by atoms with Crippen LogP contribution in [0.15, 0.2) is 47.3 Å². The molecule has 0 aliphatic carbocycles. The monoisotopic (exact) mass is 395 g/mol. The van der Waals surface area contributed by atoms with E-state index in [0.717, 1.165) is 48.3 Å². The van der Waals surface area contributed by atoms with Crippen LogP contribution in [0.4, 0.5) is 0 Å². The first-order chi connectivity index (χ1) is 14.0. The maximum absolute atomic E-state index is 12.4. The van der Waals surface area contributed by atoms with Crippen molar-refractivity contribution in [2.24, 2.45) is 0 Å². The predicted molar refractivity (Wildman–Crippen MR) is 115 cm³/mol. The number of rotatable bonds is 6. The third kappa shape index (κ3) is 4.38. The molecule has 3 aromatic rings. The van der Waals surface area contributed by atoms with Crippen LogP contribution in [0.2, 0.25) is 0 Å². The summed E-state index contributed by atoms with van der Waals surface area (Å²) < 4.78 is 7.71. The van der Waals surface area contributed by atoms with E-state index in [0.29, 0.717) is 6.54 Å². The summed E-state index contributed by atoms with van der Waals surface area (Å²) in [6.07, 6.45) is 1.25. The van der Waals surface area contributed by atoms with Gasteiger partial charge in [0.1, 0.15) is 18.5 Å². The number of aliphatic hydroxyl groups excluding tert-OH is 1. The Labute approximate surface area is 170 Å². The Kier molecular flexibility index (Phi) is 5.74. The second kappa shape index (κ2) is 8.43. The van der Waals surface area contributed by atoms with E-state index in [1.54, 1.807) is 0 Å². The van der Waals surface area contributed by atoms with E-state index in [9.17, 15) is 9.90 Å². The van der Waals surface area contributed by atoms with Gasteiger partial charge in [0.25, 0.3) is 0 Å². The van der Waals surface area contributed by atoms with Gasteiger partial charge in [-0.05, 0) is 50.5 Å². The zero-order chi connectivity index (χ0) is 20.4. The molecule has 1 unspecified atom stereocenters. The molecular weight excluding hydrogens is 366 g/mol. The summed E-state index contributed by atoms with van der Waals surface area (Å²) in [6.45, 7) is 6.66. The topological polar surface area (TPSA) is 70.5 Å². The van der Waals surface area contributed by atoms with Crippen molar-refractivity contribution in [2.45, 2.75) is 38.8 Å². The van der Waals surface area contributed by atoms with Crippen LogP contribution in [0.5, 0.6) is 5.75 Å². The molecule has 154 valence electrons. The van der Waals surface area contributed by atoms with E-state index in [4.69, 9.17) is 4.74 Å². The number of H-pyrrole nitrogens is 1. The molecule has 0 spiro atoms. The third-order valence-electron chi connectivity index (χ3n) is 5.78. The summed E-state index contributed by atoms with van der Waals surface area (Å²) in [6, 6.07) is 14.1. The molecule has 2 aromatic carbocycles. The molecular formula is C23H29N3O3. The number of aromatic amines is 1. The summed E-state index contributed by atoms with van der Waals surface area (Å²) in [4.78, 5) is 17.6. The molecule has 1 aromatic heterocycles. The first-order valence-corrected chi connectivity index (χ1v) is 10.3. The Balaban J connectivity index is 1.30. The molecule has 1 aliphatic heterocycles. The minimum absolute atomic E-state index is 0.0356. The number of aromatic nitrogens is 2. The molecule has 1 aliphatic rings. The van der Waals surface area contributed by atoms with Crippen LogP contribution in [0.1, 0.15) is 30.0 Å². The van der Waals surface area contributed by atoms with E-state index in [1.165, 1.54) is 5.56 Å². The van der Waals surface area contributed by atoms with Gasteiger partial charge in [-0.25, -0.2) is 4.79 Å². The fourth-order valence-electron chi connectivity index (χ4n) is 4.29. The van der Waals surface area contributed by atoms with Gasteiger partial charge in [-0.3, -0.25) is 4.57 Å². The Bertz CT molecular complexity index is 1030. The van der Waals surface area contributed by atoms with Gasteiger partial charge >= 0.3 is 5.69 Å². The predicted octanol–water partition coefficient (Wildman–Crippen LogP) is 3.02. The minimum Gasteiger partial charge on any atom is -0.491 e. The Morgan fingerprint density at radius 1 is 1.17 bits per heavy atom. The summed E-state index contributed by atoms with van der Waals surface area (Å²) in [5.74, 6) is 0.826. The van der Waals surface area contributed by atoms with Crippen molar-refractivity contribution in [3.05, 3.63) is 64.1 Å². The van der Waals surface area contributed by atoms with Crippen LogP contribution in [0.3, 0.4) is 0 Å². The van der Waals surface area contributed by atoms with E-state index in [1.807, 2.05) is 47.9 Å². The lowest BCUT2D eigenvalue weighted by atomic mass is 10.0. The maximum atomic E-state index is 12.4. The van der Waals surface area contributed by atoms with Crippen LogP contribution >= 0.6 is 0 Å². The van der Waals surface area contributed by atoms with Gasteiger partial charge in [-0.1, -0.05) is 29.8 Å². The number of ether oxygens (including phenoxy) is 1. The largest absolute Gasteiger partial charge is 0.491 e. The highest BCUT2D eigenvalue weighted by atomic mass is 16.5. The Morgan fingerprint density at radius 3 is 2.69 bits per heavy atom. The van der Waals surface area contributed by atoms with Crippen molar-refractivity contribution in [1.82, 2.24) is 14.5 Å². The van der Waals surface area contributed by atoms with Gasteiger partial charge in [-0.15, -0.1) is 0 Å². The third-order valence-corrected chi connectivity index (χ3v) is 5.78. The van der Waals surface area contributed by atoms with Crippen molar-refractivity contribution in [3.63, 3.8) is 0 Å². The number of aryl methyl sites for hydroxylation is 2. The maximum Gasteiger partial charge on any atom is 0.326 e. The SMILES string of the molecule is Cc1ccc(OCC(O)CN2CCC(n3c(=O)[nH]c4ccccc43)CC2)c(C)c1. The molecule has 0 saturated carbocycles. The molecule has 2 heterocycles. The van der Waals surface area contributed by atoms with Crippen molar-refractivity contribution in [3.8, 4) is 5.75 Å². The first-order valence-electron chi connectivity index (χ1n) is 10.3. The number of piperidine rings is 1. The highest BCUT2D eigenvalue weighted by Crippen LogP contribution is 2.25. The lowest BCUT2D eigenvalue weighted by Crippen LogP contribution is -2.42. The lowest BCUT2D eigenvalue weighted by Gasteiger charge is -2.33. The molecule has 1 saturated heterocycles. The van der Waals surface area contributed by atoms with E-state index < -0.39 is 6.10 Å². The van der Waals surface area contributed by atoms with Crippen LogP contribution in [-0.2, 0) is 0 Å². The number of para-hydroxylation sites is 2. The van der Waals surface area contributed by atoms with Crippen LogP contribution in [-0.4, -0.2) is 51.9 Å². The number of β-amino-alcohol motifs (C(OH)–C–C–N with tert-alkyl or cyclic N) is 1. The summed E-state index contributed by atoms with van der Waals surface area (Å²) >= 11 is 0. The molecule has 29 heavy (non-hydrogen) atoms. The molecule has 6 nitrogen and oxygen atoms in total. The number of fused-ring (bicyclic) bond motifs is 1. The number of aliphatic hydroxyl groups is 1. The summed E-state index contributed by atoms with van der Waals surface area (Å²) in [5, 5.41) is 10.4. The molecule has 1 atom stereocenters. The number of hydrogen-bond acceptors (Lipinski definition) is 4. The molecule has 0 radical (unpaired) electrons. The van der Waals surface area contributed by atoms with Gasteiger partial charge < -0.3 is 19.7 Å². The Hall–Kier alpha value is -2.57. The minimum atomic E-state index is -0.539. The fourth-order valence-corrected chi connectivity index (χ4v) is 4.29. The normalized spacial score (nSPS) is 16.9. The second-order valence-electron chi connectivity index (χ2n) is 8.08. The van der Waals surface area contributed by atoms with Crippen LogP contribution in [0, 0.1) is 13.8 Å². The number of benzene rings is 2. The summed E-state index contributed by atoms with van der Waals surface area (Å²) in [7, 11) is 0.